The van der Waals surface area contributed by atoms with Crippen molar-refractivity contribution in [1.82, 2.24) is 15.5 Å². The van der Waals surface area contributed by atoms with Crippen molar-refractivity contribution in [2.45, 2.75) is 33.0 Å². The van der Waals surface area contributed by atoms with Gasteiger partial charge in [0.1, 0.15) is 6.04 Å². The van der Waals surface area contributed by atoms with Gasteiger partial charge >= 0.3 is 12.1 Å². The molecular weight excluding hydrogens is 319 g/mol. The molecule has 1 saturated heterocycles. The topological polar surface area (TPSA) is 98.7 Å². The second-order valence-corrected chi connectivity index (χ2v) is 5.51. The molecule has 0 saturated carbocycles. The first kappa shape index (κ1) is 21.2. The Labute approximate surface area is 132 Å². The first-order valence-electron chi connectivity index (χ1n) is 6.92. The average Bonchev–Trinajstić information content (AvgIpc) is 2.42. The van der Waals surface area contributed by atoms with Crippen LogP contribution in [0.2, 0.25) is 0 Å². The van der Waals surface area contributed by atoms with E-state index in [0.717, 1.165) is 0 Å². The summed E-state index contributed by atoms with van der Waals surface area (Å²) in [6, 6.07) is -0.449. The van der Waals surface area contributed by atoms with Crippen LogP contribution in [0.5, 0.6) is 0 Å². The number of hydrogen-bond acceptors (Lipinski definition) is 4. The Morgan fingerprint density at radius 2 is 1.78 bits per heavy atom. The van der Waals surface area contributed by atoms with Gasteiger partial charge in [0.05, 0.1) is 5.41 Å². The van der Waals surface area contributed by atoms with Gasteiger partial charge in [0.15, 0.2) is 0 Å². The van der Waals surface area contributed by atoms with Gasteiger partial charge in [-0.1, -0.05) is 0 Å². The smallest absolute Gasteiger partial charge is 0.475 e. The number of aliphatic carboxylic acids is 1. The Morgan fingerprint density at radius 3 is 2.04 bits per heavy atom. The fraction of sp³-hybridized carbons (Fsp3) is 0.769. The molecule has 1 aliphatic heterocycles. The lowest BCUT2D eigenvalue weighted by Gasteiger charge is -2.38. The summed E-state index contributed by atoms with van der Waals surface area (Å²) in [5, 5.41) is 13.0. The van der Waals surface area contributed by atoms with Crippen LogP contribution in [0.25, 0.3) is 0 Å². The lowest BCUT2D eigenvalue weighted by atomic mass is 9.83. The number of carboxylic acid groups (broad SMARTS) is 1. The third-order valence-corrected chi connectivity index (χ3v) is 3.39. The normalized spacial score (nSPS) is 17.0. The predicted molar refractivity (Wildman–Crippen MR) is 75.6 cm³/mol. The Bertz CT molecular complexity index is 450. The monoisotopic (exact) mass is 341 g/mol. The number of nitrogens with zero attached hydrogens (tertiary/aromatic N) is 1. The fourth-order valence-corrected chi connectivity index (χ4v) is 1.58. The number of likely N-dealkylation sites (N-methyl/N-ethyl adjacent to an activating group) is 1. The van der Waals surface area contributed by atoms with Gasteiger partial charge in [-0.25, -0.2) is 4.79 Å². The number of halogens is 3. The number of amides is 2. The van der Waals surface area contributed by atoms with Crippen LogP contribution in [0.4, 0.5) is 13.2 Å². The second kappa shape index (κ2) is 8.14. The van der Waals surface area contributed by atoms with Gasteiger partial charge in [-0.3, -0.25) is 9.59 Å². The van der Waals surface area contributed by atoms with E-state index in [2.05, 4.69) is 10.6 Å². The first-order chi connectivity index (χ1) is 10.3. The van der Waals surface area contributed by atoms with Crippen LogP contribution in [0, 0.1) is 5.41 Å². The third kappa shape index (κ3) is 6.43. The van der Waals surface area contributed by atoms with E-state index in [4.69, 9.17) is 9.90 Å². The summed E-state index contributed by atoms with van der Waals surface area (Å²) >= 11 is 0. The minimum absolute atomic E-state index is 0.0448. The summed E-state index contributed by atoms with van der Waals surface area (Å²) in [5.74, 6) is -2.85. The molecule has 0 spiro atoms. The van der Waals surface area contributed by atoms with Crippen LogP contribution >= 0.6 is 0 Å². The maximum absolute atomic E-state index is 11.9. The van der Waals surface area contributed by atoms with Gasteiger partial charge in [0.25, 0.3) is 0 Å². The van der Waals surface area contributed by atoms with Crippen LogP contribution < -0.4 is 10.6 Å². The van der Waals surface area contributed by atoms with Crippen molar-refractivity contribution in [3.63, 3.8) is 0 Å². The second-order valence-electron chi connectivity index (χ2n) is 5.51. The zero-order chi connectivity index (χ0) is 18.4. The van der Waals surface area contributed by atoms with E-state index in [9.17, 15) is 22.8 Å². The number of alkyl halides is 3. The number of nitrogens with one attached hydrogen (secondary N) is 2. The molecule has 134 valence electrons. The molecule has 0 radical (unpaired) electrons. The van der Waals surface area contributed by atoms with Gasteiger partial charge in [-0.2, -0.15) is 13.2 Å². The molecule has 0 bridgehead atoms. The molecule has 3 N–H and O–H groups in total. The lowest BCUT2D eigenvalue weighted by Crippen LogP contribution is -2.61. The Balaban J connectivity index is 0.000000585. The average molecular weight is 341 g/mol. The molecule has 23 heavy (non-hydrogen) atoms. The lowest BCUT2D eigenvalue weighted by molar-refractivity contribution is -0.192. The van der Waals surface area contributed by atoms with E-state index in [1.807, 2.05) is 13.8 Å². The Morgan fingerprint density at radius 1 is 1.35 bits per heavy atom. The minimum Gasteiger partial charge on any atom is -0.475 e. The van der Waals surface area contributed by atoms with Gasteiger partial charge < -0.3 is 20.6 Å². The van der Waals surface area contributed by atoms with Gasteiger partial charge in [-0.05, 0) is 20.8 Å². The maximum Gasteiger partial charge on any atom is 0.490 e. The van der Waals surface area contributed by atoms with Crippen LogP contribution in [-0.4, -0.2) is 66.7 Å². The largest absolute Gasteiger partial charge is 0.490 e. The highest BCUT2D eigenvalue weighted by atomic mass is 19.4. The highest BCUT2D eigenvalue weighted by Crippen LogP contribution is 2.21. The molecule has 1 aliphatic rings. The molecule has 7 nitrogen and oxygen atoms in total. The van der Waals surface area contributed by atoms with E-state index >= 15 is 0 Å². The Hall–Kier alpha value is -1.84. The SMILES string of the molecule is CCN(C)C(=O)C(C)NC(=O)C1(C)CNC1.O=C(O)C(F)(F)F. The van der Waals surface area contributed by atoms with Crippen molar-refractivity contribution in [2.24, 2.45) is 5.41 Å². The van der Waals surface area contributed by atoms with Gasteiger partial charge in [-0.15, -0.1) is 0 Å². The van der Waals surface area contributed by atoms with E-state index in [1.165, 1.54) is 0 Å². The summed E-state index contributed by atoms with van der Waals surface area (Å²) in [5.41, 5.74) is -0.348. The zero-order valence-corrected chi connectivity index (χ0v) is 13.5. The van der Waals surface area contributed by atoms with Gasteiger partial charge in [0, 0.05) is 26.7 Å². The van der Waals surface area contributed by atoms with Gasteiger partial charge in [0.2, 0.25) is 11.8 Å². The standard InChI is InChI=1S/C11H21N3O2.C2HF3O2/c1-5-14(4)9(15)8(2)13-10(16)11(3)6-12-7-11;3-2(4,5)1(6)7/h8,12H,5-7H2,1-4H3,(H,13,16);(H,6,7). The van der Waals surface area contributed by atoms with E-state index in [-0.39, 0.29) is 17.2 Å². The number of carboxylic acids is 1. The quantitative estimate of drug-likeness (QED) is 0.679. The summed E-state index contributed by atoms with van der Waals surface area (Å²) in [4.78, 5) is 34.1. The van der Waals surface area contributed by atoms with Crippen molar-refractivity contribution >= 4 is 17.8 Å². The predicted octanol–water partition coefficient (Wildman–Crippen LogP) is 0.212. The molecule has 0 aromatic carbocycles. The van der Waals surface area contributed by atoms with Crippen molar-refractivity contribution in [3.8, 4) is 0 Å². The molecular formula is C13H22F3N3O4. The van der Waals surface area contributed by atoms with E-state index in [0.29, 0.717) is 19.6 Å². The zero-order valence-electron chi connectivity index (χ0n) is 13.5. The molecule has 0 aromatic heterocycles. The molecule has 1 atom stereocenters. The number of rotatable bonds is 4. The van der Waals surface area contributed by atoms with E-state index in [1.54, 1.807) is 18.9 Å². The van der Waals surface area contributed by atoms with Crippen LogP contribution in [0.1, 0.15) is 20.8 Å². The number of hydrogen-bond donors (Lipinski definition) is 3. The van der Waals surface area contributed by atoms with Crippen LogP contribution in [0.3, 0.4) is 0 Å². The highest BCUT2D eigenvalue weighted by Gasteiger charge is 2.40. The van der Waals surface area contributed by atoms with Crippen molar-refractivity contribution in [3.05, 3.63) is 0 Å². The molecule has 0 aromatic rings. The van der Waals surface area contributed by atoms with Crippen molar-refractivity contribution in [2.75, 3.05) is 26.7 Å². The summed E-state index contributed by atoms with van der Waals surface area (Å²) in [6.07, 6.45) is -5.08. The molecule has 1 heterocycles. The number of carbonyl (C=O) groups is 3. The van der Waals surface area contributed by atoms with Crippen molar-refractivity contribution < 1.29 is 32.7 Å². The highest BCUT2D eigenvalue weighted by molar-refractivity contribution is 5.90. The summed E-state index contributed by atoms with van der Waals surface area (Å²) in [6.45, 7) is 7.55. The molecule has 1 rings (SSSR count). The number of carbonyl (C=O) groups excluding carboxylic acids is 2. The fourth-order valence-electron chi connectivity index (χ4n) is 1.58. The molecule has 1 fully saturated rings. The minimum atomic E-state index is -5.08. The summed E-state index contributed by atoms with van der Waals surface area (Å²) in [7, 11) is 1.73. The molecule has 10 heteroatoms. The summed E-state index contributed by atoms with van der Waals surface area (Å²) < 4.78 is 31.7. The van der Waals surface area contributed by atoms with Crippen LogP contribution in [0.15, 0.2) is 0 Å². The first-order valence-corrected chi connectivity index (χ1v) is 6.92. The molecule has 2 amide bonds. The third-order valence-electron chi connectivity index (χ3n) is 3.39. The van der Waals surface area contributed by atoms with Crippen molar-refractivity contribution in [1.29, 1.82) is 0 Å². The molecule has 0 aliphatic carbocycles. The Kier molecular flexibility index (Phi) is 7.49. The van der Waals surface area contributed by atoms with Crippen LogP contribution in [-0.2, 0) is 14.4 Å². The van der Waals surface area contributed by atoms with E-state index < -0.39 is 18.2 Å². The molecule has 1 unspecified atom stereocenters. The maximum atomic E-state index is 11.9.